The van der Waals surface area contributed by atoms with E-state index in [1.165, 1.54) is 12.0 Å². The number of allylic oxidation sites excluding steroid dienone is 1. The summed E-state index contributed by atoms with van der Waals surface area (Å²) in [6.45, 7) is 10.5. The van der Waals surface area contributed by atoms with Gasteiger partial charge in [-0.3, -0.25) is 0 Å². The summed E-state index contributed by atoms with van der Waals surface area (Å²) in [4.78, 5) is 0. The zero-order valence-electron chi connectivity index (χ0n) is 14.8. The molecule has 2 rings (SSSR count). The van der Waals surface area contributed by atoms with E-state index >= 15 is 0 Å². The van der Waals surface area contributed by atoms with Gasteiger partial charge in [-0.2, -0.15) is 0 Å². The van der Waals surface area contributed by atoms with E-state index in [0.717, 1.165) is 17.3 Å². The Balaban J connectivity index is 2.50. The van der Waals surface area contributed by atoms with Crippen LogP contribution >= 0.6 is 15.9 Å². The largest absolute Gasteiger partial charge is 0.242 e. The first-order valence-corrected chi connectivity index (χ1v) is 10.2. The van der Waals surface area contributed by atoms with Crippen LogP contribution in [0.3, 0.4) is 0 Å². The van der Waals surface area contributed by atoms with Crippen LogP contribution in [-0.2, 0) is 16.5 Å². The Morgan fingerprint density at radius 3 is 2.26 bits per heavy atom. The van der Waals surface area contributed by atoms with Crippen LogP contribution in [0.25, 0.3) is 0 Å². The standard InChI is InChI=1S/C19H28BrNOS/c1-17(2,3)23(22)21-19(5,15-9-11-16(20)12-10-15)18(4)13-7-6-8-14-18/h7,9-13,21H,6,8,14H2,1-5H3/t18-,19-,23+/m1/s1. The second kappa shape index (κ2) is 6.81. The summed E-state index contributed by atoms with van der Waals surface area (Å²) >= 11 is 3.51. The van der Waals surface area contributed by atoms with Crippen molar-refractivity contribution >= 4 is 26.9 Å². The van der Waals surface area contributed by atoms with E-state index in [-0.39, 0.29) is 15.7 Å². The molecule has 0 aromatic heterocycles. The third kappa shape index (κ3) is 3.97. The molecule has 1 aliphatic carbocycles. The molecule has 1 aromatic carbocycles. The number of hydrogen-bond donors (Lipinski definition) is 1. The summed E-state index contributed by atoms with van der Waals surface area (Å²) in [7, 11) is -1.14. The summed E-state index contributed by atoms with van der Waals surface area (Å²) in [5.41, 5.74) is 0.718. The molecular weight excluding hydrogens is 370 g/mol. The molecule has 4 heteroatoms. The number of halogens is 1. The van der Waals surface area contributed by atoms with E-state index < -0.39 is 11.0 Å². The van der Waals surface area contributed by atoms with Gasteiger partial charge in [0.1, 0.15) is 0 Å². The fourth-order valence-corrected chi connectivity index (χ4v) is 4.35. The average molecular weight is 398 g/mol. The van der Waals surface area contributed by atoms with Crippen molar-refractivity contribution in [1.82, 2.24) is 4.72 Å². The van der Waals surface area contributed by atoms with Gasteiger partial charge < -0.3 is 0 Å². The molecule has 3 atom stereocenters. The first-order chi connectivity index (χ1) is 10.6. The Bertz CT molecular complexity index is 605. The van der Waals surface area contributed by atoms with Crippen molar-refractivity contribution in [2.24, 2.45) is 5.41 Å². The van der Waals surface area contributed by atoms with E-state index in [9.17, 15) is 4.21 Å². The second-order valence-corrected chi connectivity index (χ2v) is 10.7. The van der Waals surface area contributed by atoms with Crippen molar-refractivity contribution < 1.29 is 4.21 Å². The molecule has 0 fully saturated rings. The number of nitrogens with one attached hydrogen (secondary N) is 1. The maximum absolute atomic E-state index is 12.9. The molecule has 1 N–H and O–H groups in total. The molecule has 0 amide bonds. The van der Waals surface area contributed by atoms with E-state index in [1.54, 1.807) is 0 Å². The fraction of sp³-hybridized carbons (Fsp3) is 0.579. The maximum atomic E-state index is 12.9. The van der Waals surface area contributed by atoms with Gasteiger partial charge in [-0.05, 0) is 64.7 Å². The molecule has 0 spiro atoms. The summed E-state index contributed by atoms with van der Waals surface area (Å²) < 4.78 is 17.1. The van der Waals surface area contributed by atoms with Crippen LogP contribution in [-0.4, -0.2) is 8.96 Å². The fourth-order valence-electron chi connectivity index (χ4n) is 3.06. The highest BCUT2D eigenvalue weighted by atomic mass is 79.9. The van der Waals surface area contributed by atoms with Gasteiger partial charge in [0, 0.05) is 9.89 Å². The molecule has 0 bridgehead atoms. The van der Waals surface area contributed by atoms with Crippen molar-refractivity contribution in [3.63, 3.8) is 0 Å². The van der Waals surface area contributed by atoms with Crippen LogP contribution < -0.4 is 4.72 Å². The van der Waals surface area contributed by atoms with Crippen LogP contribution in [0.15, 0.2) is 40.9 Å². The smallest absolute Gasteiger partial charge is 0.0978 e. The minimum atomic E-state index is -1.14. The van der Waals surface area contributed by atoms with E-state index in [4.69, 9.17) is 0 Å². The number of hydrogen-bond acceptors (Lipinski definition) is 1. The molecular formula is C19H28BrNOS. The molecule has 1 aliphatic rings. The Hall–Kier alpha value is -0.450. The van der Waals surface area contributed by atoms with E-state index in [2.05, 4.69) is 70.9 Å². The lowest BCUT2D eigenvalue weighted by molar-refractivity contribution is 0.176. The minimum Gasteiger partial charge on any atom is -0.242 e. The van der Waals surface area contributed by atoms with Gasteiger partial charge in [0.05, 0.1) is 21.3 Å². The van der Waals surface area contributed by atoms with Crippen molar-refractivity contribution in [1.29, 1.82) is 0 Å². The third-order valence-corrected chi connectivity index (χ3v) is 7.20. The Morgan fingerprint density at radius 1 is 1.17 bits per heavy atom. The molecule has 0 aliphatic heterocycles. The summed E-state index contributed by atoms with van der Waals surface area (Å²) in [5, 5.41) is 0. The van der Waals surface area contributed by atoms with Crippen LogP contribution in [0.1, 0.15) is 59.4 Å². The summed E-state index contributed by atoms with van der Waals surface area (Å²) in [6, 6.07) is 8.38. The maximum Gasteiger partial charge on any atom is 0.0978 e. The molecule has 23 heavy (non-hydrogen) atoms. The molecule has 0 saturated carbocycles. The lowest BCUT2D eigenvalue weighted by Crippen LogP contribution is -2.55. The van der Waals surface area contributed by atoms with Gasteiger partial charge in [0.25, 0.3) is 0 Å². The zero-order valence-corrected chi connectivity index (χ0v) is 17.2. The molecule has 0 radical (unpaired) electrons. The number of rotatable bonds is 4. The highest BCUT2D eigenvalue weighted by Gasteiger charge is 2.46. The predicted molar refractivity (Wildman–Crippen MR) is 104 cm³/mol. The summed E-state index contributed by atoms with van der Waals surface area (Å²) in [5.74, 6) is 0. The average Bonchev–Trinajstić information content (AvgIpc) is 2.47. The third-order valence-electron chi connectivity index (χ3n) is 4.97. The van der Waals surface area contributed by atoms with Gasteiger partial charge >= 0.3 is 0 Å². The van der Waals surface area contributed by atoms with Crippen molar-refractivity contribution in [3.05, 3.63) is 46.5 Å². The Kier molecular flexibility index (Phi) is 5.59. The quantitative estimate of drug-likeness (QED) is 0.671. The van der Waals surface area contributed by atoms with Gasteiger partial charge in [-0.25, -0.2) is 8.93 Å². The van der Waals surface area contributed by atoms with Crippen LogP contribution in [0.5, 0.6) is 0 Å². The van der Waals surface area contributed by atoms with Crippen LogP contribution in [0.2, 0.25) is 0 Å². The Morgan fingerprint density at radius 2 is 1.78 bits per heavy atom. The van der Waals surface area contributed by atoms with Gasteiger partial charge in [0.15, 0.2) is 0 Å². The van der Waals surface area contributed by atoms with E-state index in [1.807, 2.05) is 20.8 Å². The van der Waals surface area contributed by atoms with Crippen molar-refractivity contribution in [2.75, 3.05) is 0 Å². The summed E-state index contributed by atoms with van der Waals surface area (Å²) in [6.07, 6.45) is 7.97. The van der Waals surface area contributed by atoms with Crippen LogP contribution in [0, 0.1) is 5.41 Å². The molecule has 2 nitrogen and oxygen atoms in total. The van der Waals surface area contributed by atoms with E-state index in [0.29, 0.717) is 0 Å². The van der Waals surface area contributed by atoms with Crippen LogP contribution in [0.4, 0.5) is 0 Å². The minimum absolute atomic E-state index is 0.0695. The van der Waals surface area contributed by atoms with Gasteiger partial charge in [-0.1, -0.05) is 47.1 Å². The van der Waals surface area contributed by atoms with Gasteiger partial charge in [0.2, 0.25) is 0 Å². The highest BCUT2D eigenvalue weighted by molar-refractivity contribution is 9.10. The molecule has 1 aromatic rings. The zero-order chi connectivity index (χ0) is 17.3. The lowest BCUT2D eigenvalue weighted by atomic mass is 9.64. The first-order valence-electron chi connectivity index (χ1n) is 8.22. The molecule has 0 heterocycles. The SMILES string of the molecule is CC(C)(C)[S@](=O)N[C@](C)(c1ccc(Br)cc1)[C@]1(C)C=CCCC1. The molecule has 128 valence electrons. The molecule has 0 unspecified atom stereocenters. The molecule has 0 saturated heterocycles. The van der Waals surface area contributed by atoms with Gasteiger partial charge in [-0.15, -0.1) is 0 Å². The predicted octanol–water partition coefficient (Wildman–Crippen LogP) is 5.46. The lowest BCUT2D eigenvalue weighted by Gasteiger charge is -2.48. The monoisotopic (exact) mass is 397 g/mol. The normalized spacial score (nSPS) is 25.8. The first kappa shape index (κ1) is 18.9. The van der Waals surface area contributed by atoms with Crippen molar-refractivity contribution in [3.8, 4) is 0 Å². The number of benzene rings is 1. The highest BCUT2D eigenvalue weighted by Crippen LogP contribution is 2.47. The topological polar surface area (TPSA) is 29.1 Å². The second-order valence-electron chi connectivity index (χ2n) is 7.83. The van der Waals surface area contributed by atoms with Crippen molar-refractivity contribution in [2.45, 2.75) is 64.2 Å². The Labute approximate surface area is 151 Å².